The predicted molar refractivity (Wildman–Crippen MR) is 68.4 cm³/mol. The standard InChI is InChI=1S/C13H12F3NO2S/c1-3-8-5-6-9(12(18)19-4-2)10(7-17)11(8)20-13(14,15)16/h5-6H,3-4H2,1-2H3. The number of benzene rings is 1. The van der Waals surface area contributed by atoms with E-state index in [4.69, 9.17) is 10.00 Å². The van der Waals surface area contributed by atoms with Crippen LogP contribution in [0.5, 0.6) is 0 Å². The molecule has 0 saturated carbocycles. The van der Waals surface area contributed by atoms with E-state index in [0.29, 0.717) is 12.0 Å². The van der Waals surface area contributed by atoms with E-state index >= 15 is 0 Å². The number of aryl methyl sites for hydroxylation is 1. The highest BCUT2D eigenvalue weighted by molar-refractivity contribution is 8.00. The largest absolute Gasteiger partial charge is 0.462 e. The van der Waals surface area contributed by atoms with Crippen LogP contribution in [0.3, 0.4) is 0 Å². The van der Waals surface area contributed by atoms with Crippen LogP contribution in [0.4, 0.5) is 13.2 Å². The average molecular weight is 303 g/mol. The zero-order chi connectivity index (χ0) is 15.3. The van der Waals surface area contributed by atoms with Crippen molar-refractivity contribution in [2.75, 3.05) is 6.61 Å². The fourth-order valence-electron chi connectivity index (χ4n) is 1.63. The summed E-state index contributed by atoms with van der Waals surface area (Å²) >= 11 is -0.377. The molecule has 0 aliphatic carbocycles. The van der Waals surface area contributed by atoms with Crippen molar-refractivity contribution < 1.29 is 22.7 Å². The Kier molecular flexibility index (Phi) is 5.45. The van der Waals surface area contributed by atoms with E-state index in [2.05, 4.69) is 0 Å². The van der Waals surface area contributed by atoms with Gasteiger partial charge in [-0.3, -0.25) is 0 Å². The van der Waals surface area contributed by atoms with Gasteiger partial charge in [0.05, 0.1) is 17.7 Å². The molecule has 108 valence electrons. The molecule has 0 N–H and O–H groups in total. The Balaban J connectivity index is 3.41. The van der Waals surface area contributed by atoms with Crippen LogP contribution in [-0.4, -0.2) is 18.1 Å². The summed E-state index contributed by atoms with van der Waals surface area (Å²) in [7, 11) is 0. The van der Waals surface area contributed by atoms with Crippen LogP contribution in [0.15, 0.2) is 17.0 Å². The Morgan fingerprint density at radius 2 is 2.05 bits per heavy atom. The molecule has 1 aromatic carbocycles. The molecule has 7 heteroatoms. The second-order valence-corrected chi connectivity index (χ2v) is 4.79. The maximum atomic E-state index is 12.6. The third-order valence-corrected chi connectivity index (χ3v) is 3.35. The highest BCUT2D eigenvalue weighted by Gasteiger charge is 2.33. The van der Waals surface area contributed by atoms with Crippen LogP contribution in [-0.2, 0) is 11.2 Å². The zero-order valence-electron chi connectivity index (χ0n) is 10.9. The number of halogens is 3. The normalized spacial score (nSPS) is 11.0. The molecule has 0 heterocycles. The summed E-state index contributed by atoms with van der Waals surface area (Å²) in [6.45, 7) is 3.34. The van der Waals surface area contributed by atoms with E-state index in [1.54, 1.807) is 19.9 Å². The number of carbonyl (C=O) groups excluding carboxylic acids is 1. The molecule has 0 aromatic heterocycles. The van der Waals surface area contributed by atoms with E-state index in [1.807, 2.05) is 0 Å². The van der Waals surface area contributed by atoms with Crippen molar-refractivity contribution in [3.05, 3.63) is 28.8 Å². The zero-order valence-corrected chi connectivity index (χ0v) is 11.7. The van der Waals surface area contributed by atoms with Gasteiger partial charge in [0.15, 0.2) is 0 Å². The molecule has 0 atom stereocenters. The lowest BCUT2D eigenvalue weighted by Crippen LogP contribution is -2.10. The molecule has 1 aromatic rings. The van der Waals surface area contributed by atoms with E-state index in [9.17, 15) is 18.0 Å². The second-order valence-electron chi connectivity index (χ2n) is 3.71. The Labute approximate surface area is 118 Å². The lowest BCUT2D eigenvalue weighted by molar-refractivity contribution is -0.0328. The number of esters is 1. The Morgan fingerprint density at radius 3 is 2.50 bits per heavy atom. The van der Waals surface area contributed by atoms with E-state index < -0.39 is 11.5 Å². The first-order valence-corrected chi connectivity index (χ1v) is 6.64. The summed E-state index contributed by atoms with van der Waals surface area (Å²) in [6.07, 6.45) is 0.330. The third-order valence-electron chi connectivity index (χ3n) is 2.45. The van der Waals surface area contributed by atoms with Gasteiger partial charge in [-0.25, -0.2) is 4.79 Å². The maximum absolute atomic E-state index is 12.6. The number of rotatable bonds is 4. The number of ether oxygens (including phenoxy) is 1. The topological polar surface area (TPSA) is 50.1 Å². The van der Waals surface area contributed by atoms with Gasteiger partial charge >= 0.3 is 11.5 Å². The Hall–Kier alpha value is -1.68. The molecule has 20 heavy (non-hydrogen) atoms. The van der Waals surface area contributed by atoms with Gasteiger partial charge in [0.25, 0.3) is 0 Å². The number of alkyl halides is 3. The van der Waals surface area contributed by atoms with Crippen LogP contribution in [0.25, 0.3) is 0 Å². The van der Waals surface area contributed by atoms with Crippen LogP contribution < -0.4 is 0 Å². The fourth-order valence-corrected chi connectivity index (χ4v) is 2.46. The van der Waals surface area contributed by atoms with Crippen LogP contribution in [0, 0.1) is 11.3 Å². The predicted octanol–water partition coefficient (Wildman–Crippen LogP) is 3.91. The highest BCUT2D eigenvalue weighted by atomic mass is 32.2. The number of nitrogens with zero attached hydrogens (tertiary/aromatic N) is 1. The third kappa shape index (κ3) is 3.90. The minimum absolute atomic E-state index is 0.0843. The Morgan fingerprint density at radius 1 is 1.40 bits per heavy atom. The first kappa shape index (κ1) is 16.4. The van der Waals surface area contributed by atoms with Gasteiger partial charge in [-0.05, 0) is 36.7 Å². The molecule has 0 radical (unpaired) electrons. The van der Waals surface area contributed by atoms with Crippen molar-refractivity contribution in [3.63, 3.8) is 0 Å². The molecule has 0 unspecified atom stereocenters. The first-order chi connectivity index (χ1) is 9.34. The van der Waals surface area contributed by atoms with Gasteiger partial charge in [0, 0.05) is 4.90 Å². The molecule has 0 saturated heterocycles. The second kappa shape index (κ2) is 6.66. The SMILES string of the molecule is CCOC(=O)c1ccc(CC)c(SC(F)(F)F)c1C#N. The van der Waals surface area contributed by atoms with Gasteiger partial charge in [0.1, 0.15) is 6.07 Å². The van der Waals surface area contributed by atoms with Crippen molar-refractivity contribution in [2.24, 2.45) is 0 Å². The minimum atomic E-state index is -4.52. The number of hydrogen-bond acceptors (Lipinski definition) is 4. The molecule has 3 nitrogen and oxygen atoms in total. The lowest BCUT2D eigenvalue weighted by Gasteiger charge is -2.14. The number of carbonyl (C=O) groups is 1. The summed E-state index contributed by atoms with van der Waals surface area (Å²) in [5, 5.41) is 9.09. The van der Waals surface area contributed by atoms with Crippen LogP contribution >= 0.6 is 11.8 Å². The maximum Gasteiger partial charge on any atom is 0.446 e. The summed E-state index contributed by atoms with van der Waals surface area (Å²) in [4.78, 5) is 11.4. The molecule has 0 amide bonds. The fraction of sp³-hybridized carbons (Fsp3) is 0.385. The molecular weight excluding hydrogens is 291 g/mol. The van der Waals surface area contributed by atoms with Gasteiger partial charge in [-0.2, -0.15) is 18.4 Å². The Bertz CT molecular complexity index is 550. The molecule has 1 rings (SSSR count). The molecular formula is C13H12F3NO2S. The molecule has 0 spiro atoms. The van der Waals surface area contributed by atoms with Crippen molar-refractivity contribution in [3.8, 4) is 6.07 Å². The minimum Gasteiger partial charge on any atom is -0.462 e. The lowest BCUT2D eigenvalue weighted by atomic mass is 10.0. The van der Waals surface area contributed by atoms with Crippen molar-refractivity contribution >= 4 is 17.7 Å². The number of thioether (sulfide) groups is 1. The smallest absolute Gasteiger partial charge is 0.446 e. The van der Waals surface area contributed by atoms with Gasteiger partial charge in [-0.15, -0.1) is 0 Å². The van der Waals surface area contributed by atoms with E-state index in [0.717, 1.165) is 0 Å². The summed E-state index contributed by atoms with van der Waals surface area (Å²) in [5.74, 6) is -0.796. The van der Waals surface area contributed by atoms with Crippen LogP contribution in [0.1, 0.15) is 35.3 Å². The molecule has 0 aliphatic rings. The first-order valence-electron chi connectivity index (χ1n) is 5.82. The molecule has 0 bridgehead atoms. The van der Waals surface area contributed by atoms with Crippen molar-refractivity contribution in [1.82, 2.24) is 0 Å². The average Bonchev–Trinajstić information content (AvgIpc) is 2.36. The summed E-state index contributed by atoms with van der Waals surface area (Å²) in [5.41, 5.74) is -4.58. The summed E-state index contributed by atoms with van der Waals surface area (Å²) < 4.78 is 42.5. The quantitative estimate of drug-likeness (QED) is 0.625. The van der Waals surface area contributed by atoms with E-state index in [-0.39, 0.29) is 34.4 Å². The van der Waals surface area contributed by atoms with Crippen molar-refractivity contribution in [1.29, 1.82) is 5.26 Å². The summed E-state index contributed by atoms with van der Waals surface area (Å²) in [6, 6.07) is 4.43. The van der Waals surface area contributed by atoms with Gasteiger partial charge in [0.2, 0.25) is 0 Å². The van der Waals surface area contributed by atoms with Crippen molar-refractivity contribution in [2.45, 2.75) is 30.7 Å². The molecule has 0 aliphatic heterocycles. The van der Waals surface area contributed by atoms with E-state index in [1.165, 1.54) is 12.1 Å². The monoisotopic (exact) mass is 303 g/mol. The number of hydrogen-bond donors (Lipinski definition) is 0. The molecule has 0 fully saturated rings. The highest BCUT2D eigenvalue weighted by Crippen LogP contribution is 2.41. The van der Waals surface area contributed by atoms with Gasteiger partial charge < -0.3 is 4.74 Å². The van der Waals surface area contributed by atoms with Gasteiger partial charge in [-0.1, -0.05) is 13.0 Å². The van der Waals surface area contributed by atoms with Crippen LogP contribution in [0.2, 0.25) is 0 Å². The number of nitriles is 1.